The molecule has 3 fully saturated rings. The Morgan fingerprint density at radius 3 is 2.38 bits per heavy atom. The Morgan fingerprint density at radius 2 is 1.77 bits per heavy atom. The second kappa shape index (κ2) is 13.8. The van der Waals surface area contributed by atoms with Crippen LogP contribution in [0, 0.1) is 30.5 Å². The van der Waals surface area contributed by atoms with Crippen molar-refractivity contribution >= 4 is 26.6 Å². The molecule has 3 aliphatic rings. The van der Waals surface area contributed by atoms with Gasteiger partial charge in [0.05, 0.1) is 28.2 Å². The van der Waals surface area contributed by atoms with Gasteiger partial charge in [0.25, 0.3) is 5.91 Å². The molecule has 4 heterocycles. The van der Waals surface area contributed by atoms with Gasteiger partial charge in [-0.25, -0.2) is 12.8 Å². The summed E-state index contributed by atoms with van der Waals surface area (Å²) < 4.78 is 40.7. The summed E-state index contributed by atoms with van der Waals surface area (Å²) >= 11 is 0. The van der Waals surface area contributed by atoms with Crippen molar-refractivity contribution in [1.29, 1.82) is 0 Å². The molecule has 262 valence electrons. The first kappa shape index (κ1) is 35.0. The highest BCUT2D eigenvalue weighted by Gasteiger charge is 2.45. The molecule has 10 heteroatoms. The van der Waals surface area contributed by atoms with Crippen LogP contribution >= 0.6 is 0 Å². The van der Waals surface area contributed by atoms with Crippen molar-refractivity contribution in [3.8, 4) is 5.69 Å². The number of fused-ring (bicyclic) bond motifs is 1. The topological polar surface area (TPSA) is 78.8 Å². The van der Waals surface area contributed by atoms with Crippen molar-refractivity contribution in [3.05, 3.63) is 59.3 Å². The maximum atomic E-state index is 14.6. The lowest BCUT2D eigenvalue weighted by atomic mass is 9.69. The zero-order valence-electron chi connectivity index (χ0n) is 29.8. The number of sulfone groups is 1. The van der Waals surface area contributed by atoms with Crippen LogP contribution in [0.5, 0.6) is 0 Å². The van der Waals surface area contributed by atoms with Gasteiger partial charge in [-0.3, -0.25) is 14.7 Å². The number of hydrogen-bond donors (Lipinski definition) is 0. The number of aryl methyl sites for hydroxylation is 1. The molecule has 0 bridgehead atoms. The first-order valence-corrected chi connectivity index (χ1v) is 19.9. The number of benzene rings is 1. The molecule has 8 nitrogen and oxygen atoms in total. The lowest BCUT2D eigenvalue weighted by Gasteiger charge is -2.55. The van der Waals surface area contributed by atoms with Gasteiger partial charge in [-0.15, -0.1) is 0 Å². The first-order valence-electron chi connectivity index (χ1n) is 18.0. The summed E-state index contributed by atoms with van der Waals surface area (Å²) in [5.41, 5.74) is 4.33. The smallest absolute Gasteiger partial charge is 0.256 e. The molecule has 0 radical (unpaired) electrons. The van der Waals surface area contributed by atoms with Crippen molar-refractivity contribution in [1.82, 2.24) is 24.3 Å². The number of piperidine rings is 1. The van der Waals surface area contributed by atoms with E-state index in [-0.39, 0.29) is 17.2 Å². The standard InChI is InChI=1S/C38H54FN5O3S/c1-8-43(25(4)5)38(45)33-18-30(39)9-10-34(33)44-23-29(36-26(6)19-40-20-35(36)44)15-27-21-42(22-27)37(24(2)3)28-16-31(17-28)41-13-11-32(12-14-41)48(7,46)47/h9-10,18-20,23-25,27-28,31-32,37H,8,11-17,21-22H2,1-7H3/t28-,31+,37?. The lowest BCUT2D eigenvalue weighted by molar-refractivity contribution is -0.0482. The molecule has 1 atom stereocenters. The fourth-order valence-electron chi connectivity index (χ4n) is 9.02. The van der Waals surface area contributed by atoms with E-state index < -0.39 is 15.7 Å². The highest BCUT2D eigenvalue weighted by molar-refractivity contribution is 7.91. The summed E-state index contributed by atoms with van der Waals surface area (Å²) in [7, 11) is -2.94. The number of nitrogens with zero attached hydrogens (tertiary/aromatic N) is 5. The van der Waals surface area contributed by atoms with Crippen molar-refractivity contribution in [2.24, 2.45) is 17.8 Å². The van der Waals surface area contributed by atoms with Crippen LogP contribution in [0.2, 0.25) is 0 Å². The largest absolute Gasteiger partial charge is 0.336 e. The SMILES string of the molecule is CCN(C(=O)c1cc(F)ccc1-n1cc(CC2CN(C(C(C)C)[C@H]3C[C@@H](N4CCC(S(C)(=O)=O)CC4)C3)C2)c2c(C)cncc21)C(C)C. The Labute approximate surface area is 286 Å². The highest BCUT2D eigenvalue weighted by Crippen LogP contribution is 2.42. The maximum absolute atomic E-state index is 14.6. The van der Waals surface area contributed by atoms with E-state index in [9.17, 15) is 17.6 Å². The van der Waals surface area contributed by atoms with Gasteiger partial charge < -0.3 is 14.4 Å². The van der Waals surface area contributed by atoms with E-state index >= 15 is 0 Å². The van der Waals surface area contributed by atoms with Crippen molar-refractivity contribution < 1.29 is 17.6 Å². The summed E-state index contributed by atoms with van der Waals surface area (Å²) in [5.74, 6) is 1.20. The van der Waals surface area contributed by atoms with Gasteiger partial charge in [-0.05, 0) is 120 Å². The van der Waals surface area contributed by atoms with Gasteiger partial charge in [-0.1, -0.05) is 13.8 Å². The minimum atomic E-state index is -2.94. The third-order valence-electron chi connectivity index (χ3n) is 11.5. The third kappa shape index (κ3) is 6.81. The molecular formula is C38H54FN5O3S. The average Bonchev–Trinajstić information content (AvgIpc) is 3.35. The van der Waals surface area contributed by atoms with Crippen LogP contribution in [0.3, 0.4) is 0 Å². The van der Waals surface area contributed by atoms with Crippen LogP contribution in [-0.2, 0) is 16.3 Å². The van der Waals surface area contributed by atoms with Crippen molar-refractivity contribution in [3.63, 3.8) is 0 Å². The number of hydrogen-bond acceptors (Lipinski definition) is 6. The monoisotopic (exact) mass is 679 g/mol. The zero-order valence-corrected chi connectivity index (χ0v) is 30.6. The quantitative estimate of drug-likeness (QED) is 0.243. The van der Waals surface area contributed by atoms with Crippen LogP contribution < -0.4 is 0 Å². The van der Waals surface area contributed by atoms with Gasteiger partial charge in [0.2, 0.25) is 0 Å². The number of pyridine rings is 1. The average molecular weight is 680 g/mol. The molecule has 1 saturated carbocycles. The first-order chi connectivity index (χ1) is 22.8. The molecule has 1 aromatic carbocycles. The Bertz CT molecular complexity index is 1730. The summed E-state index contributed by atoms with van der Waals surface area (Å²) in [6.45, 7) is 17.2. The molecule has 2 aliphatic heterocycles. The van der Waals surface area contributed by atoms with Gasteiger partial charge in [0.1, 0.15) is 15.7 Å². The number of rotatable bonds is 11. The van der Waals surface area contributed by atoms with Crippen LogP contribution in [0.4, 0.5) is 4.39 Å². The summed E-state index contributed by atoms with van der Waals surface area (Å²) in [6, 6.07) is 5.68. The van der Waals surface area contributed by atoms with Crippen molar-refractivity contribution in [2.45, 2.75) is 97.0 Å². The molecule has 1 unspecified atom stereocenters. The number of halogens is 1. The van der Waals surface area contributed by atoms with E-state index in [1.807, 2.05) is 37.7 Å². The number of likely N-dealkylation sites (tertiary alicyclic amines) is 2. The van der Waals surface area contributed by atoms with E-state index in [2.05, 4.69) is 41.8 Å². The molecule has 2 aromatic heterocycles. The number of carbonyl (C=O) groups is 1. The van der Waals surface area contributed by atoms with Gasteiger partial charge in [0, 0.05) is 61.8 Å². The summed E-state index contributed by atoms with van der Waals surface area (Å²) in [5, 5.41) is 1.00. The number of carbonyl (C=O) groups excluding carboxylic acids is 1. The lowest BCUT2D eigenvalue weighted by Crippen LogP contribution is -2.61. The van der Waals surface area contributed by atoms with Crippen LogP contribution in [0.25, 0.3) is 16.6 Å². The Morgan fingerprint density at radius 1 is 1.08 bits per heavy atom. The molecule has 1 aliphatic carbocycles. The fourth-order valence-corrected chi connectivity index (χ4v) is 10.1. The van der Waals surface area contributed by atoms with Crippen LogP contribution in [0.15, 0.2) is 36.8 Å². The molecule has 2 saturated heterocycles. The minimum Gasteiger partial charge on any atom is -0.336 e. The molecule has 48 heavy (non-hydrogen) atoms. The Balaban J connectivity index is 1.16. The zero-order chi connectivity index (χ0) is 34.5. The number of amides is 1. The van der Waals surface area contributed by atoms with Gasteiger partial charge in [-0.2, -0.15) is 0 Å². The second-order valence-electron chi connectivity index (χ2n) is 15.4. The van der Waals surface area contributed by atoms with Gasteiger partial charge in [0.15, 0.2) is 0 Å². The van der Waals surface area contributed by atoms with Crippen molar-refractivity contribution in [2.75, 3.05) is 39.0 Å². The Kier molecular flexibility index (Phi) is 10.1. The van der Waals surface area contributed by atoms with Gasteiger partial charge >= 0.3 is 0 Å². The molecular weight excluding hydrogens is 626 g/mol. The predicted octanol–water partition coefficient (Wildman–Crippen LogP) is 6.13. The third-order valence-corrected chi connectivity index (χ3v) is 13.2. The number of aromatic nitrogens is 2. The molecule has 0 spiro atoms. The van der Waals surface area contributed by atoms with E-state index in [1.165, 1.54) is 42.2 Å². The molecule has 0 N–H and O–H groups in total. The van der Waals surface area contributed by atoms with E-state index in [1.54, 1.807) is 11.0 Å². The fraction of sp³-hybridized carbons (Fsp3) is 0.632. The molecule has 1 amide bonds. The predicted molar refractivity (Wildman–Crippen MR) is 191 cm³/mol. The summed E-state index contributed by atoms with van der Waals surface area (Å²) in [4.78, 5) is 25.2. The minimum absolute atomic E-state index is 0.000932. The maximum Gasteiger partial charge on any atom is 0.256 e. The van der Waals surface area contributed by atoms with E-state index in [0.717, 1.165) is 56.5 Å². The Hall–Kier alpha value is -2.82. The highest BCUT2D eigenvalue weighted by atomic mass is 32.2. The normalized spacial score (nSPS) is 22.3. The molecule has 3 aromatic rings. The summed E-state index contributed by atoms with van der Waals surface area (Å²) in [6.07, 6.45) is 12.2. The van der Waals surface area contributed by atoms with E-state index in [4.69, 9.17) is 0 Å². The van der Waals surface area contributed by atoms with E-state index in [0.29, 0.717) is 47.6 Å². The molecule has 6 rings (SSSR count). The van der Waals surface area contributed by atoms with Crippen LogP contribution in [-0.4, -0.2) is 101 Å². The van der Waals surface area contributed by atoms with Crippen LogP contribution in [0.1, 0.15) is 81.8 Å². The second-order valence-corrected chi connectivity index (χ2v) is 17.8.